The van der Waals surface area contributed by atoms with Crippen LogP contribution in [-0.2, 0) is 17.7 Å². The summed E-state index contributed by atoms with van der Waals surface area (Å²) in [6.07, 6.45) is 10.5. The molecule has 1 N–H and O–H groups in total. The quantitative estimate of drug-likeness (QED) is 0.517. The summed E-state index contributed by atoms with van der Waals surface area (Å²) in [6.45, 7) is 3.97. The zero-order valence-electron chi connectivity index (χ0n) is 9.96. The third-order valence-electron chi connectivity index (χ3n) is 2.65. The molecule has 3 heteroatoms. The van der Waals surface area contributed by atoms with Crippen molar-refractivity contribution in [3.05, 3.63) is 18.2 Å². The summed E-state index contributed by atoms with van der Waals surface area (Å²) in [4.78, 5) is 3.30. The Morgan fingerprint density at radius 3 is 2.93 bits per heavy atom. The molecule has 0 bridgehead atoms. The maximum absolute atomic E-state index is 5.08. The van der Waals surface area contributed by atoms with Crippen LogP contribution in [0.1, 0.15) is 38.4 Å². The number of rotatable bonds is 8. The summed E-state index contributed by atoms with van der Waals surface area (Å²) in [5.74, 6) is 1.32. The first-order valence-corrected chi connectivity index (χ1v) is 5.93. The molecule has 0 aliphatic rings. The van der Waals surface area contributed by atoms with Crippen LogP contribution in [0.5, 0.6) is 0 Å². The van der Waals surface area contributed by atoms with E-state index in [1.807, 2.05) is 6.20 Å². The van der Waals surface area contributed by atoms with Gasteiger partial charge in [-0.1, -0.05) is 26.2 Å². The molecule has 0 saturated carbocycles. The molecule has 0 radical (unpaired) electrons. The smallest absolute Gasteiger partial charge is 0.254 e. The van der Waals surface area contributed by atoms with Crippen molar-refractivity contribution in [1.82, 2.24) is 4.98 Å². The molecule has 0 spiro atoms. The number of aromatic nitrogens is 2. The highest BCUT2D eigenvalue weighted by Gasteiger charge is 2.08. The average molecular weight is 211 g/mol. The van der Waals surface area contributed by atoms with Gasteiger partial charge in [-0.25, -0.2) is 9.55 Å². The highest BCUT2D eigenvalue weighted by atomic mass is 16.5. The first kappa shape index (κ1) is 12.2. The number of aromatic amines is 1. The van der Waals surface area contributed by atoms with Gasteiger partial charge >= 0.3 is 0 Å². The lowest BCUT2D eigenvalue weighted by atomic mass is 10.1. The number of ether oxygens (including phenoxy) is 1. The van der Waals surface area contributed by atoms with Gasteiger partial charge in [0, 0.05) is 13.5 Å². The molecule has 0 aliphatic carbocycles. The lowest BCUT2D eigenvalue weighted by Crippen LogP contribution is -2.38. The standard InChI is InChI=1S/C12H22N2O/c1-3-4-5-6-7-12-13-8-9-14(12)10-11-15-2/h8-9H,3-7,10-11H2,1-2H3/p+1. The van der Waals surface area contributed by atoms with Crippen LogP contribution in [0, 0.1) is 0 Å². The zero-order valence-corrected chi connectivity index (χ0v) is 9.96. The van der Waals surface area contributed by atoms with Gasteiger partial charge in [0.05, 0.1) is 6.61 Å². The molecule has 1 aromatic heterocycles. The minimum absolute atomic E-state index is 0.782. The van der Waals surface area contributed by atoms with E-state index in [4.69, 9.17) is 4.74 Å². The number of aryl methyl sites for hydroxylation is 1. The second-order valence-electron chi connectivity index (χ2n) is 3.90. The molecule has 1 heterocycles. The Morgan fingerprint density at radius 2 is 2.20 bits per heavy atom. The van der Waals surface area contributed by atoms with Crippen LogP contribution >= 0.6 is 0 Å². The molecule has 0 aliphatic heterocycles. The Balaban J connectivity index is 2.29. The first-order valence-electron chi connectivity index (χ1n) is 5.93. The lowest BCUT2D eigenvalue weighted by molar-refractivity contribution is -0.704. The minimum Gasteiger partial charge on any atom is -0.381 e. The van der Waals surface area contributed by atoms with E-state index >= 15 is 0 Å². The number of hydrogen-bond acceptors (Lipinski definition) is 1. The van der Waals surface area contributed by atoms with Crippen LogP contribution < -0.4 is 4.57 Å². The molecule has 3 nitrogen and oxygen atoms in total. The topological polar surface area (TPSA) is 28.9 Å². The van der Waals surface area contributed by atoms with E-state index in [-0.39, 0.29) is 0 Å². The number of nitrogens with one attached hydrogen (secondary N) is 1. The molecule has 1 rings (SSSR count). The number of hydrogen-bond donors (Lipinski definition) is 1. The predicted molar refractivity (Wildman–Crippen MR) is 60.7 cm³/mol. The molecule has 0 unspecified atom stereocenters. The van der Waals surface area contributed by atoms with Crippen LogP contribution in [0.2, 0.25) is 0 Å². The van der Waals surface area contributed by atoms with Crippen molar-refractivity contribution in [3.63, 3.8) is 0 Å². The Bertz CT molecular complexity index is 258. The molecule has 15 heavy (non-hydrogen) atoms. The van der Waals surface area contributed by atoms with Gasteiger partial charge in [-0.05, 0) is 6.42 Å². The van der Waals surface area contributed by atoms with E-state index in [1.54, 1.807) is 7.11 Å². The fourth-order valence-electron chi connectivity index (χ4n) is 1.73. The van der Waals surface area contributed by atoms with Crippen molar-refractivity contribution in [2.45, 2.75) is 45.6 Å². The maximum atomic E-state index is 5.08. The van der Waals surface area contributed by atoms with Crippen molar-refractivity contribution in [3.8, 4) is 0 Å². The van der Waals surface area contributed by atoms with Gasteiger partial charge in [0.25, 0.3) is 5.82 Å². The minimum atomic E-state index is 0.782. The zero-order chi connectivity index (χ0) is 10.9. The number of unbranched alkanes of at least 4 members (excludes halogenated alkanes) is 3. The van der Waals surface area contributed by atoms with E-state index in [0.717, 1.165) is 19.6 Å². The Labute approximate surface area is 92.5 Å². The summed E-state index contributed by atoms with van der Waals surface area (Å²) in [7, 11) is 1.74. The summed E-state index contributed by atoms with van der Waals surface area (Å²) >= 11 is 0. The van der Waals surface area contributed by atoms with Crippen LogP contribution in [-0.4, -0.2) is 18.7 Å². The highest BCUT2D eigenvalue weighted by molar-refractivity contribution is 4.77. The molecule has 86 valence electrons. The van der Waals surface area contributed by atoms with Crippen molar-refractivity contribution < 1.29 is 9.30 Å². The monoisotopic (exact) mass is 211 g/mol. The van der Waals surface area contributed by atoms with Crippen molar-refractivity contribution >= 4 is 0 Å². The molecular formula is C12H23N2O+. The summed E-state index contributed by atoms with van der Waals surface area (Å²) < 4.78 is 7.32. The van der Waals surface area contributed by atoms with Gasteiger partial charge in [0.2, 0.25) is 0 Å². The summed E-state index contributed by atoms with van der Waals surface area (Å²) in [5.41, 5.74) is 0. The van der Waals surface area contributed by atoms with Gasteiger partial charge in [0.1, 0.15) is 18.9 Å². The van der Waals surface area contributed by atoms with Crippen LogP contribution in [0.15, 0.2) is 12.4 Å². The summed E-state index contributed by atoms with van der Waals surface area (Å²) in [5, 5.41) is 0. The van der Waals surface area contributed by atoms with E-state index in [9.17, 15) is 0 Å². The predicted octanol–water partition coefficient (Wildman–Crippen LogP) is 2.07. The number of methoxy groups -OCH3 is 1. The third kappa shape index (κ3) is 4.47. The second kappa shape index (κ2) is 7.46. The van der Waals surface area contributed by atoms with Gasteiger partial charge in [0.15, 0.2) is 0 Å². The molecule has 0 atom stereocenters. The van der Waals surface area contributed by atoms with E-state index in [1.165, 1.54) is 31.5 Å². The highest BCUT2D eigenvalue weighted by Crippen LogP contribution is 2.02. The number of H-pyrrole nitrogens is 1. The van der Waals surface area contributed by atoms with Crippen molar-refractivity contribution in [2.75, 3.05) is 13.7 Å². The van der Waals surface area contributed by atoms with Gasteiger partial charge in [-0.3, -0.25) is 0 Å². The number of imidazole rings is 1. The Morgan fingerprint density at radius 1 is 1.33 bits per heavy atom. The van der Waals surface area contributed by atoms with E-state index in [0.29, 0.717) is 0 Å². The van der Waals surface area contributed by atoms with Crippen LogP contribution in [0.25, 0.3) is 0 Å². The Hall–Kier alpha value is -0.830. The maximum Gasteiger partial charge on any atom is 0.254 e. The molecule has 0 saturated heterocycles. The molecule has 0 fully saturated rings. The van der Waals surface area contributed by atoms with Gasteiger partial charge < -0.3 is 4.74 Å². The SMILES string of the molecule is CCCCCCc1[nH]cc[n+]1CCOC. The van der Waals surface area contributed by atoms with Crippen molar-refractivity contribution in [1.29, 1.82) is 0 Å². The number of nitrogens with zero attached hydrogens (tertiary/aromatic N) is 1. The molecule has 0 amide bonds. The van der Waals surface area contributed by atoms with Crippen LogP contribution in [0.3, 0.4) is 0 Å². The van der Waals surface area contributed by atoms with Gasteiger partial charge in [-0.15, -0.1) is 0 Å². The fourth-order valence-corrected chi connectivity index (χ4v) is 1.73. The normalized spacial score (nSPS) is 10.8. The third-order valence-corrected chi connectivity index (χ3v) is 2.65. The summed E-state index contributed by atoms with van der Waals surface area (Å²) in [6, 6.07) is 0. The van der Waals surface area contributed by atoms with E-state index < -0.39 is 0 Å². The molecular weight excluding hydrogens is 188 g/mol. The largest absolute Gasteiger partial charge is 0.381 e. The van der Waals surface area contributed by atoms with E-state index in [2.05, 4.69) is 22.7 Å². The van der Waals surface area contributed by atoms with Gasteiger partial charge in [-0.2, -0.15) is 0 Å². The first-order chi connectivity index (χ1) is 7.38. The molecule has 0 aromatic carbocycles. The van der Waals surface area contributed by atoms with Crippen LogP contribution in [0.4, 0.5) is 0 Å². The Kier molecular flexibility index (Phi) is 6.09. The lowest BCUT2D eigenvalue weighted by Gasteiger charge is -2.00. The fraction of sp³-hybridized carbons (Fsp3) is 0.750. The average Bonchev–Trinajstić information content (AvgIpc) is 2.69. The molecule has 1 aromatic rings. The second-order valence-corrected chi connectivity index (χ2v) is 3.90. The van der Waals surface area contributed by atoms with Crippen molar-refractivity contribution in [2.24, 2.45) is 0 Å².